The summed E-state index contributed by atoms with van der Waals surface area (Å²) < 4.78 is 36.1. The van der Waals surface area contributed by atoms with Crippen LogP contribution in [0, 0.1) is 0 Å². The summed E-state index contributed by atoms with van der Waals surface area (Å²) in [6.07, 6.45) is -4.26. The quantitative estimate of drug-likeness (QED) is 0.562. The van der Waals surface area contributed by atoms with Crippen LogP contribution < -0.4 is 11.3 Å². The minimum atomic E-state index is -4.26. The lowest BCUT2D eigenvalue weighted by Gasteiger charge is -2.07. The molecule has 0 unspecified atom stereocenters. The highest BCUT2D eigenvalue weighted by molar-refractivity contribution is 9.10. The van der Waals surface area contributed by atoms with Crippen molar-refractivity contribution in [2.24, 2.45) is 5.84 Å². The molecule has 0 bridgehead atoms. The van der Waals surface area contributed by atoms with E-state index in [9.17, 15) is 13.2 Å². The molecule has 14 heavy (non-hydrogen) atoms. The molecule has 0 aromatic heterocycles. The molecule has 0 amide bonds. The molecule has 0 aliphatic rings. The summed E-state index contributed by atoms with van der Waals surface area (Å²) >= 11 is 2.81. The number of hydrogen-bond donors (Lipinski definition) is 2. The molecule has 1 aromatic rings. The SMILES string of the molecule is CNN.FC(F)(F)c1ccccc1Br. The van der Waals surface area contributed by atoms with Crippen LogP contribution in [-0.2, 0) is 6.18 Å². The Morgan fingerprint density at radius 1 is 1.29 bits per heavy atom. The second-order valence-corrected chi connectivity index (χ2v) is 3.12. The molecule has 1 rings (SSSR count). The van der Waals surface area contributed by atoms with Gasteiger partial charge >= 0.3 is 6.18 Å². The number of alkyl halides is 3. The Morgan fingerprint density at radius 2 is 1.71 bits per heavy atom. The number of benzene rings is 1. The first kappa shape index (κ1) is 13.4. The summed E-state index contributed by atoms with van der Waals surface area (Å²) in [6, 6.07) is 5.29. The number of rotatable bonds is 0. The number of hydrogen-bond acceptors (Lipinski definition) is 2. The molecule has 0 radical (unpaired) electrons. The normalized spacial score (nSPS) is 10.4. The zero-order valence-electron chi connectivity index (χ0n) is 7.40. The molecule has 0 fully saturated rings. The Balaban J connectivity index is 0.000000500. The summed E-state index contributed by atoms with van der Waals surface area (Å²) in [5.74, 6) is 4.60. The van der Waals surface area contributed by atoms with E-state index >= 15 is 0 Å². The van der Waals surface area contributed by atoms with E-state index < -0.39 is 11.7 Å². The van der Waals surface area contributed by atoms with Crippen molar-refractivity contribution in [3.63, 3.8) is 0 Å². The number of nitrogens with two attached hydrogens (primary N) is 1. The molecule has 0 aliphatic heterocycles. The van der Waals surface area contributed by atoms with E-state index in [2.05, 4.69) is 27.2 Å². The molecular formula is C8H10BrF3N2. The lowest BCUT2D eigenvalue weighted by atomic mass is 10.2. The van der Waals surface area contributed by atoms with Crippen LogP contribution in [0.2, 0.25) is 0 Å². The largest absolute Gasteiger partial charge is 0.417 e. The Bertz CT molecular complexity index is 276. The minimum Gasteiger partial charge on any atom is -0.272 e. The van der Waals surface area contributed by atoms with Crippen molar-refractivity contribution < 1.29 is 13.2 Å². The summed E-state index contributed by atoms with van der Waals surface area (Å²) in [5, 5.41) is 0. The summed E-state index contributed by atoms with van der Waals surface area (Å²) in [7, 11) is 1.65. The zero-order valence-corrected chi connectivity index (χ0v) is 8.98. The standard InChI is InChI=1S/C7H4BrF3.CH6N2/c8-6-4-2-1-3-5(6)7(9,10)11;1-3-2/h1-4H;3H,2H2,1H3. The second kappa shape index (κ2) is 6.00. The topological polar surface area (TPSA) is 38.0 Å². The van der Waals surface area contributed by atoms with Gasteiger partial charge in [-0.1, -0.05) is 28.1 Å². The van der Waals surface area contributed by atoms with Gasteiger partial charge in [0, 0.05) is 4.47 Å². The third-order valence-corrected chi connectivity index (χ3v) is 1.87. The highest BCUT2D eigenvalue weighted by atomic mass is 79.9. The lowest BCUT2D eigenvalue weighted by Crippen LogP contribution is -2.13. The van der Waals surface area contributed by atoms with Crippen LogP contribution in [0.4, 0.5) is 13.2 Å². The van der Waals surface area contributed by atoms with Gasteiger partial charge in [-0.15, -0.1) is 0 Å². The molecule has 0 atom stereocenters. The van der Waals surface area contributed by atoms with Crippen molar-refractivity contribution >= 4 is 15.9 Å². The first-order valence-electron chi connectivity index (χ1n) is 3.62. The number of hydrazine groups is 1. The molecular weight excluding hydrogens is 261 g/mol. The van der Waals surface area contributed by atoms with E-state index in [1.54, 1.807) is 13.1 Å². The molecule has 0 aliphatic carbocycles. The van der Waals surface area contributed by atoms with E-state index in [0.29, 0.717) is 0 Å². The fraction of sp³-hybridized carbons (Fsp3) is 0.250. The summed E-state index contributed by atoms with van der Waals surface area (Å²) in [6.45, 7) is 0. The predicted molar refractivity (Wildman–Crippen MR) is 52.4 cm³/mol. The van der Waals surface area contributed by atoms with E-state index in [1.807, 2.05) is 0 Å². The van der Waals surface area contributed by atoms with Crippen LogP contribution >= 0.6 is 15.9 Å². The van der Waals surface area contributed by atoms with Crippen LogP contribution in [0.15, 0.2) is 28.7 Å². The van der Waals surface area contributed by atoms with Gasteiger partial charge < -0.3 is 0 Å². The van der Waals surface area contributed by atoms with Crippen LogP contribution in [0.25, 0.3) is 0 Å². The van der Waals surface area contributed by atoms with E-state index in [1.165, 1.54) is 12.1 Å². The molecule has 6 heteroatoms. The van der Waals surface area contributed by atoms with Gasteiger partial charge in [-0.3, -0.25) is 11.3 Å². The molecule has 0 saturated heterocycles. The van der Waals surface area contributed by atoms with Crippen LogP contribution in [0.3, 0.4) is 0 Å². The first-order chi connectivity index (χ1) is 6.43. The van der Waals surface area contributed by atoms with E-state index in [4.69, 9.17) is 0 Å². The van der Waals surface area contributed by atoms with Crippen molar-refractivity contribution in [1.29, 1.82) is 0 Å². The van der Waals surface area contributed by atoms with Crippen LogP contribution in [-0.4, -0.2) is 7.05 Å². The highest BCUT2D eigenvalue weighted by Crippen LogP contribution is 2.34. The maximum Gasteiger partial charge on any atom is 0.417 e. The van der Waals surface area contributed by atoms with Gasteiger partial charge in [-0.2, -0.15) is 13.2 Å². The van der Waals surface area contributed by atoms with Crippen molar-refractivity contribution in [2.75, 3.05) is 7.05 Å². The molecule has 0 heterocycles. The van der Waals surface area contributed by atoms with Crippen LogP contribution in [0.5, 0.6) is 0 Å². The first-order valence-corrected chi connectivity index (χ1v) is 4.41. The fourth-order valence-corrected chi connectivity index (χ4v) is 1.20. The molecule has 0 saturated carbocycles. The highest BCUT2D eigenvalue weighted by Gasteiger charge is 2.32. The van der Waals surface area contributed by atoms with Crippen molar-refractivity contribution in [3.8, 4) is 0 Å². The van der Waals surface area contributed by atoms with Gasteiger partial charge in [0.2, 0.25) is 0 Å². The molecule has 2 nitrogen and oxygen atoms in total. The fourth-order valence-electron chi connectivity index (χ4n) is 0.691. The number of halogens is 4. The lowest BCUT2D eigenvalue weighted by molar-refractivity contribution is -0.138. The third kappa shape index (κ3) is 4.59. The van der Waals surface area contributed by atoms with Gasteiger partial charge in [0.25, 0.3) is 0 Å². The Labute approximate surface area is 88.4 Å². The molecule has 3 N–H and O–H groups in total. The monoisotopic (exact) mass is 270 g/mol. The van der Waals surface area contributed by atoms with Crippen molar-refractivity contribution in [1.82, 2.24) is 5.43 Å². The van der Waals surface area contributed by atoms with Crippen molar-refractivity contribution in [2.45, 2.75) is 6.18 Å². The third-order valence-electron chi connectivity index (χ3n) is 1.18. The second-order valence-electron chi connectivity index (χ2n) is 2.27. The zero-order chi connectivity index (χ0) is 11.2. The maximum atomic E-state index is 12.0. The molecule has 1 aromatic carbocycles. The maximum absolute atomic E-state index is 12.0. The number of nitrogens with one attached hydrogen (secondary N) is 1. The predicted octanol–water partition coefficient (Wildman–Crippen LogP) is 2.55. The molecule has 0 spiro atoms. The smallest absolute Gasteiger partial charge is 0.272 e. The van der Waals surface area contributed by atoms with Crippen LogP contribution in [0.1, 0.15) is 5.56 Å². The van der Waals surface area contributed by atoms with Gasteiger partial charge in [-0.05, 0) is 19.2 Å². The van der Waals surface area contributed by atoms with Gasteiger partial charge in [-0.25, -0.2) is 0 Å². The summed E-state index contributed by atoms with van der Waals surface area (Å²) in [5.41, 5.74) is 1.61. The Hall–Kier alpha value is -0.590. The Morgan fingerprint density at radius 3 is 2.00 bits per heavy atom. The van der Waals surface area contributed by atoms with Gasteiger partial charge in [0.15, 0.2) is 0 Å². The summed E-state index contributed by atoms with van der Waals surface area (Å²) in [4.78, 5) is 0. The van der Waals surface area contributed by atoms with Crippen molar-refractivity contribution in [3.05, 3.63) is 34.3 Å². The van der Waals surface area contributed by atoms with E-state index in [0.717, 1.165) is 6.07 Å². The average molecular weight is 271 g/mol. The average Bonchev–Trinajstić information content (AvgIpc) is 2.04. The minimum absolute atomic E-state index is 0.0764. The van der Waals surface area contributed by atoms with E-state index in [-0.39, 0.29) is 4.47 Å². The molecule has 80 valence electrons. The van der Waals surface area contributed by atoms with Gasteiger partial charge in [0.05, 0.1) is 5.56 Å². The van der Waals surface area contributed by atoms with Gasteiger partial charge in [0.1, 0.15) is 0 Å². The Kier molecular flexibility index (Phi) is 5.75.